The predicted molar refractivity (Wildman–Crippen MR) is 107 cm³/mol. The van der Waals surface area contributed by atoms with Crippen molar-refractivity contribution < 1.29 is 14.4 Å². The van der Waals surface area contributed by atoms with Crippen LogP contribution in [0.4, 0.5) is 16.2 Å². The Morgan fingerprint density at radius 1 is 1.10 bits per heavy atom. The number of hydrogen-bond acceptors (Lipinski definition) is 7. The Morgan fingerprint density at radius 3 is 2.57 bits per heavy atom. The third-order valence-corrected chi connectivity index (χ3v) is 4.53. The molecular weight excluding hydrogens is 388 g/mol. The molecular formula is C19H16N8O3. The number of rotatable bonds is 4. The maximum Gasteiger partial charge on any atom is 0.339 e. The van der Waals surface area contributed by atoms with Gasteiger partial charge in [0.25, 0.3) is 0 Å². The van der Waals surface area contributed by atoms with E-state index in [2.05, 4.69) is 36.5 Å². The third-order valence-electron chi connectivity index (χ3n) is 4.53. The molecule has 150 valence electrons. The standard InChI is InChI=1S/C19H16N8O3/c1-27-13-10-6-5-9-12(13)16(28)14(18(27)29)15(17-22-25-26-23-17)21-24-19(30)20-11-7-3-2-4-8-11/h2-10,14H,1H3,(H2,20,24,30)(H,22,23,25,26)/b21-15-. The summed E-state index contributed by atoms with van der Waals surface area (Å²) in [6, 6.07) is 14.8. The van der Waals surface area contributed by atoms with Crippen molar-refractivity contribution in [1.82, 2.24) is 26.0 Å². The minimum Gasteiger partial charge on any atom is -0.314 e. The van der Waals surface area contributed by atoms with E-state index >= 15 is 0 Å². The largest absolute Gasteiger partial charge is 0.339 e. The number of carbonyl (C=O) groups is 3. The summed E-state index contributed by atoms with van der Waals surface area (Å²) in [5.41, 5.74) is 3.56. The van der Waals surface area contributed by atoms with Gasteiger partial charge in [0.1, 0.15) is 11.6 Å². The zero-order valence-corrected chi connectivity index (χ0v) is 15.7. The second kappa shape index (κ2) is 7.91. The summed E-state index contributed by atoms with van der Waals surface area (Å²) in [5, 5.41) is 20.0. The fourth-order valence-electron chi connectivity index (χ4n) is 3.10. The number of tetrazole rings is 1. The van der Waals surface area contributed by atoms with Crippen LogP contribution < -0.4 is 15.6 Å². The van der Waals surface area contributed by atoms with E-state index < -0.39 is 23.6 Å². The highest BCUT2D eigenvalue weighted by Gasteiger charge is 2.43. The number of aromatic amines is 1. The van der Waals surface area contributed by atoms with E-state index in [-0.39, 0.29) is 11.5 Å². The number of urea groups is 1. The van der Waals surface area contributed by atoms with Crippen LogP contribution in [0.25, 0.3) is 0 Å². The summed E-state index contributed by atoms with van der Waals surface area (Å²) in [7, 11) is 1.56. The number of anilines is 2. The van der Waals surface area contributed by atoms with Gasteiger partial charge in [0.15, 0.2) is 5.78 Å². The Labute approximate surface area is 170 Å². The Balaban J connectivity index is 1.66. The molecule has 2 heterocycles. The van der Waals surface area contributed by atoms with E-state index in [0.717, 1.165) is 0 Å². The monoisotopic (exact) mass is 404 g/mol. The van der Waals surface area contributed by atoms with Crippen molar-refractivity contribution in [3.8, 4) is 0 Å². The number of Topliss-reactive ketones (excluding diaryl/α,β-unsaturated/α-hetero) is 1. The molecule has 0 aliphatic carbocycles. The average molecular weight is 404 g/mol. The Kier molecular flexibility index (Phi) is 4.99. The smallest absolute Gasteiger partial charge is 0.314 e. The van der Waals surface area contributed by atoms with Gasteiger partial charge in [0, 0.05) is 18.3 Å². The number of nitrogens with one attached hydrogen (secondary N) is 3. The van der Waals surface area contributed by atoms with Crippen LogP contribution in [-0.2, 0) is 4.79 Å². The molecule has 0 fully saturated rings. The summed E-state index contributed by atoms with van der Waals surface area (Å²) in [4.78, 5) is 39.7. The van der Waals surface area contributed by atoms with Gasteiger partial charge in [-0.25, -0.2) is 10.2 Å². The molecule has 0 saturated carbocycles. The molecule has 11 nitrogen and oxygen atoms in total. The Hall–Kier alpha value is -4.41. The molecule has 30 heavy (non-hydrogen) atoms. The zero-order valence-electron chi connectivity index (χ0n) is 15.7. The zero-order chi connectivity index (χ0) is 21.1. The predicted octanol–water partition coefficient (Wildman–Crippen LogP) is 1.20. The first kappa shape index (κ1) is 18.9. The highest BCUT2D eigenvalue weighted by Crippen LogP contribution is 2.30. The molecule has 0 saturated heterocycles. The summed E-state index contributed by atoms with van der Waals surface area (Å²) in [6.45, 7) is 0. The first-order valence-electron chi connectivity index (χ1n) is 8.90. The summed E-state index contributed by atoms with van der Waals surface area (Å²) in [5.74, 6) is -2.40. The highest BCUT2D eigenvalue weighted by atomic mass is 16.2. The molecule has 3 N–H and O–H groups in total. The van der Waals surface area contributed by atoms with Crippen molar-refractivity contribution >= 4 is 34.8 Å². The summed E-state index contributed by atoms with van der Waals surface area (Å²) < 4.78 is 0. The average Bonchev–Trinajstić information content (AvgIpc) is 3.30. The van der Waals surface area contributed by atoms with Crippen LogP contribution in [0.1, 0.15) is 16.2 Å². The van der Waals surface area contributed by atoms with Crippen molar-refractivity contribution in [3.05, 3.63) is 66.0 Å². The van der Waals surface area contributed by atoms with Crippen molar-refractivity contribution in [1.29, 1.82) is 0 Å². The lowest BCUT2D eigenvalue weighted by Crippen LogP contribution is -2.47. The molecule has 4 rings (SSSR count). The third kappa shape index (κ3) is 3.51. The van der Waals surface area contributed by atoms with Crippen LogP contribution in [0.5, 0.6) is 0 Å². The molecule has 3 aromatic rings. The molecule has 1 aromatic heterocycles. The molecule has 1 aliphatic heterocycles. The maximum atomic E-state index is 13.1. The van der Waals surface area contributed by atoms with Gasteiger partial charge < -0.3 is 10.2 Å². The number of ketones is 1. The van der Waals surface area contributed by atoms with Crippen molar-refractivity contribution in [3.63, 3.8) is 0 Å². The molecule has 0 radical (unpaired) electrons. The van der Waals surface area contributed by atoms with Crippen molar-refractivity contribution in [2.75, 3.05) is 17.3 Å². The molecule has 0 spiro atoms. The van der Waals surface area contributed by atoms with Crippen LogP contribution >= 0.6 is 0 Å². The van der Waals surface area contributed by atoms with Crippen molar-refractivity contribution in [2.45, 2.75) is 0 Å². The topological polar surface area (TPSA) is 145 Å². The molecule has 11 heteroatoms. The van der Waals surface area contributed by atoms with Gasteiger partial charge in [-0.05, 0) is 29.5 Å². The molecule has 2 aromatic carbocycles. The van der Waals surface area contributed by atoms with Crippen LogP contribution in [0.2, 0.25) is 0 Å². The van der Waals surface area contributed by atoms with Crippen LogP contribution in [0, 0.1) is 5.92 Å². The number of hydrogen-bond donors (Lipinski definition) is 3. The van der Waals surface area contributed by atoms with Crippen LogP contribution in [0.3, 0.4) is 0 Å². The minimum absolute atomic E-state index is 0.0745. The number of para-hydroxylation sites is 2. The lowest BCUT2D eigenvalue weighted by Gasteiger charge is -2.30. The van der Waals surface area contributed by atoms with Gasteiger partial charge in [-0.15, -0.1) is 10.2 Å². The number of H-pyrrole nitrogens is 1. The minimum atomic E-state index is -1.33. The van der Waals surface area contributed by atoms with E-state index in [1.165, 1.54) is 4.90 Å². The quantitative estimate of drug-likeness (QED) is 0.338. The van der Waals surface area contributed by atoms with Gasteiger partial charge in [0.05, 0.1) is 5.69 Å². The van der Waals surface area contributed by atoms with E-state index in [4.69, 9.17) is 0 Å². The van der Waals surface area contributed by atoms with Crippen LogP contribution in [-0.4, -0.2) is 51.1 Å². The number of carbonyl (C=O) groups excluding carboxylic acids is 3. The normalized spacial score (nSPS) is 16.2. The number of hydrazone groups is 1. The van der Waals surface area contributed by atoms with Gasteiger partial charge in [-0.2, -0.15) is 10.3 Å². The molecule has 1 atom stereocenters. The Bertz CT molecular complexity index is 1130. The fraction of sp³-hybridized carbons (Fsp3) is 0.105. The molecule has 1 aliphatic rings. The fourth-order valence-corrected chi connectivity index (χ4v) is 3.10. The Morgan fingerprint density at radius 2 is 1.83 bits per heavy atom. The number of fused-ring (bicyclic) bond motifs is 1. The number of amides is 3. The van der Waals surface area contributed by atoms with Gasteiger partial charge in [-0.3, -0.25) is 9.59 Å². The van der Waals surface area contributed by atoms with Crippen LogP contribution in [0.15, 0.2) is 59.7 Å². The maximum absolute atomic E-state index is 13.1. The lowest BCUT2D eigenvalue weighted by atomic mass is 9.86. The molecule has 0 bridgehead atoms. The summed E-state index contributed by atoms with van der Waals surface area (Å²) >= 11 is 0. The number of nitrogens with zero attached hydrogens (tertiary/aromatic N) is 5. The number of benzene rings is 2. The second-order valence-electron chi connectivity index (χ2n) is 6.38. The first-order chi connectivity index (χ1) is 14.6. The van der Waals surface area contributed by atoms with Gasteiger partial charge in [0.2, 0.25) is 11.7 Å². The lowest BCUT2D eigenvalue weighted by molar-refractivity contribution is -0.119. The van der Waals surface area contributed by atoms with E-state index in [0.29, 0.717) is 16.9 Å². The van der Waals surface area contributed by atoms with Crippen molar-refractivity contribution in [2.24, 2.45) is 11.0 Å². The van der Waals surface area contributed by atoms with E-state index in [1.807, 2.05) is 6.07 Å². The SMILES string of the molecule is CN1C(=O)C(/C(=N/NC(=O)Nc2ccccc2)c2nn[nH]n2)C(=O)c2ccccc21. The number of aromatic nitrogens is 4. The summed E-state index contributed by atoms with van der Waals surface area (Å²) in [6.07, 6.45) is 0. The first-order valence-corrected chi connectivity index (χ1v) is 8.90. The van der Waals surface area contributed by atoms with E-state index in [9.17, 15) is 14.4 Å². The van der Waals surface area contributed by atoms with Gasteiger partial charge >= 0.3 is 6.03 Å². The molecule has 3 amide bonds. The van der Waals surface area contributed by atoms with E-state index in [1.54, 1.807) is 55.6 Å². The second-order valence-corrected chi connectivity index (χ2v) is 6.38. The molecule has 1 unspecified atom stereocenters. The highest BCUT2D eigenvalue weighted by molar-refractivity contribution is 6.34. The van der Waals surface area contributed by atoms with Gasteiger partial charge in [-0.1, -0.05) is 30.3 Å².